The van der Waals surface area contributed by atoms with Crippen LogP contribution in [0.5, 0.6) is 5.75 Å². The summed E-state index contributed by atoms with van der Waals surface area (Å²) in [4.78, 5) is 13.7. The van der Waals surface area contributed by atoms with Crippen molar-refractivity contribution in [1.82, 2.24) is 4.90 Å². The summed E-state index contributed by atoms with van der Waals surface area (Å²) in [5.41, 5.74) is 2.24. The van der Waals surface area contributed by atoms with Crippen LogP contribution in [-0.2, 0) is 4.79 Å². The lowest BCUT2D eigenvalue weighted by atomic mass is 10.1. The standard InChI is InChI=1S/C15H21NO3/c1-11-6-12(2)8-14(7-11)19-10-15(18)16-5-3-4-13(17)9-16/h6-8,13,17H,3-5,9-10H2,1-2H3. The Hall–Kier alpha value is -1.55. The number of piperidine rings is 1. The fourth-order valence-corrected chi connectivity index (χ4v) is 2.43. The zero-order chi connectivity index (χ0) is 13.8. The third-order valence-electron chi connectivity index (χ3n) is 3.31. The molecule has 0 saturated carbocycles. The van der Waals surface area contributed by atoms with Gasteiger partial charge in [0.2, 0.25) is 0 Å². The molecule has 4 heteroatoms. The summed E-state index contributed by atoms with van der Waals surface area (Å²) in [5, 5.41) is 9.55. The molecule has 1 fully saturated rings. The number of amides is 1. The summed E-state index contributed by atoms with van der Waals surface area (Å²) in [6.07, 6.45) is 1.25. The second-order valence-electron chi connectivity index (χ2n) is 5.25. The molecule has 104 valence electrons. The first-order chi connectivity index (χ1) is 9.04. The molecule has 1 unspecified atom stereocenters. The Morgan fingerprint density at radius 3 is 2.68 bits per heavy atom. The molecular weight excluding hydrogens is 242 g/mol. The summed E-state index contributed by atoms with van der Waals surface area (Å²) >= 11 is 0. The second kappa shape index (κ2) is 6.06. The van der Waals surface area contributed by atoms with Gasteiger partial charge in [-0.1, -0.05) is 6.07 Å². The van der Waals surface area contributed by atoms with Crippen molar-refractivity contribution in [2.24, 2.45) is 0 Å². The minimum Gasteiger partial charge on any atom is -0.484 e. The van der Waals surface area contributed by atoms with Crippen LogP contribution in [0.2, 0.25) is 0 Å². The Kier molecular flexibility index (Phi) is 4.43. The zero-order valence-corrected chi connectivity index (χ0v) is 11.6. The average Bonchev–Trinajstić information content (AvgIpc) is 2.35. The van der Waals surface area contributed by atoms with Crippen molar-refractivity contribution in [3.8, 4) is 5.75 Å². The normalized spacial score (nSPS) is 19.3. The monoisotopic (exact) mass is 263 g/mol. The maximum absolute atomic E-state index is 12.0. The van der Waals surface area contributed by atoms with E-state index >= 15 is 0 Å². The molecule has 4 nitrogen and oxygen atoms in total. The van der Waals surface area contributed by atoms with Gasteiger partial charge in [-0.15, -0.1) is 0 Å². The maximum atomic E-state index is 12.0. The third-order valence-corrected chi connectivity index (χ3v) is 3.31. The van der Waals surface area contributed by atoms with E-state index in [-0.39, 0.29) is 18.6 Å². The molecule has 1 aromatic rings. The second-order valence-corrected chi connectivity index (χ2v) is 5.25. The number of aryl methyl sites for hydroxylation is 2. The molecule has 19 heavy (non-hydrogen) atoms. The highest BCUT2D eigenvalue weighted by molar-refractivity contribution is 5.77. The summed E-state index contributed by atoms with van der Waals surface area (Å²) in [7, 11) is 0. The number of β-amino-alcohol motifs (C(OH)–C–C–N with tert-alkyl or cyclic N) is 1. The Morgan fingerprint density at radius 2 is 2.05 bits per heavy atom. The SMILES string of the molecule is Cc1cc(C)cc(OCC(=O)N2CCCC(O)C2)c1. The number of aliphatic hydroxyl groups is 1. The van der Waals surface area contributed by atoms with Gasteiger partial charge in [0.25, 0.3) is 5.91 Å². The molecule has 1 aromatic carbocycles. The predicted octanol–water partition coefficient (Wildman–Crippen LogP) is 1.67. The predicted molar refractivity (Wildman–Crippen MR) is 73.2 cm³/mol. The number of benzene rings is 1. The number of carbonyl (C=O) groups excluding carboxylic acids is 1. The van der Waals surface area contributed by atoms with E-state index in [2.05, 4.69) is 6.07 Å². The number of hydrogen-bond donors (Lipinski definition) is 1. The lowest BCUT2D eigenvalue weighted by Crippen LogP contribution is -2.44. The molecule has 1 atom stereocenters. The minimum absolute atomic E-state index is 0.0373. The Bertz CT molecular complexity index is 438. The third kappa shape index (κ3) is 3.96. The van der Waals surface area contributed by atoms with Crippen LogP contribution in [0.15, 0.2) is 18.2 Å². The van der Waals surface area contributed by atoms with Crippen LogP contribution in [0.25, 0.3) is 0 Å². The number of aliphatic hydroxyl groups excluding tert-OH is 1. The van der Waals surface area contributed by atoms with Crippen LogP contribution < -0.4 is 4.74 Å². The van der Waals surface area contributed by atoms with Crippen molar-refractivity contribution >= 4 is 5.91 Å². The molecule has 2 rings (SSSR count). The Balaban J connectivity index is 1.89. The van der Waals surface area contributed by atoms with Crippen LogP contribution in [0.1, 0.15) is 24.0 Å². The molecule has 0 spiro atoms. The van der Waals surface area contributed by atoms with Crippen molar-refractivity contribution in [3.05, 3.63) is 29.3 Å². The van der Waals surface area contributed by atoms with E-state index < -0.39 is 0 Å². The van der Waals surface area contributed by atoms with Crippen molar-refractivity contribution in [2.45, 2.75) is 32.8 Å². The van der Waals surface area contributed by atoms with Gasteiger partial charge in [0.15, 0.2) is 6.61 Å². The summed E-state index contributed by atoms with van der Waals surface area (Å²) in [5.74, 6) is 0.668. The highest BCUT2D eigenvalue weighted by Crippen LogP contribution is 2.16. The molecule has 0 radical (unpaired) electrons. The molecule has 1 saturated heterocycles. The van der Waals surface area contributed by atoms with Gasteiger partial charge in [-0.25, -0.2) is 0 Å². The fraction of sp³-hybridized carbons (Fsp3) is 0.533. The molecule has 1 aliphatic rings. The summed E-state index contributed by atoms with van der Waals surface area (Å²) in [6.45, 7) is 5.18. The Morgan fingerprint density at radius 1 is 1.37 bits per heavy atom. The molecule has 1 N–H and O–H groups in total. The first-order valence-corrected chi connectivity index (χ1v) is 6.71. The smallest absolute Gasteiger partial charge is 0.260 e. The molecule has 1 aliphatic heterocycles. The van der Waals surface area contributed by atoms with Gasteiger partial charge in [-0.05, 0) is 49.9 Å². The highest BCUT2D eigenvalue weighted by Gasteiger charge is 2.22. The van der Waals surface area contributed by atoms with E-state index in [1.165, 1.54) is 0 Å². The number of rotatable bonds is 3. The zero-order valence-electron chi connectivity index (χ0n) is 11.6. The number of ether oxygens (including phenoxy) is 1. The number of nitrogens with zero attached hydrogens (tertiary/aromatic N) is 1. The number of likely N-dealkylation sites (tertiary alicyclic amines) is 1. The van der Waals surface area contributed by atoms with Crippen molar-refractivity contribution in [1.29, 1.82) is 0 Å². The minimum atomic E-state index is -0.390. The van der Waals surface area contributed by atoms with Gasteiger partial charge in [-0.2, -0.15) is 0 Å². The van der Waals surface area contributed by atoms with E-state index in [4.69, 9.17) is 4.74 Å². The summed E-state index contributed by atoms with van der Waals surface area (Å²) < 4.78 is 5.55. The van der Waals surface area contributed by atoms with Crippen LogP contribution in [0.4, 0.5) is 0 Å². The lowest BCUT2D eigenvalue weighted by Gasteiger charge is -2.30. The average molecular weight is 263 g/mol. The maximum Gasteiger partial charge on any atom is 0.260 e. The van der Waals surface area contributed by atoms with Crippen molar-refractivity contribution < 1.29 is 14.6 Å². The lowest BCUT2D eigenvalue weighted by molar-refractivity contribution is -0.136. The van der Waals surface area contributed by atoms with Crippen LogP contribution in [-0.4, -0.2) is 41.7 Å². The topological polar surface area (TPSA) is 49.8 Å². The quantitative estimate of drug-likeness (QED) is 0.902. The van der Waals surface area contributed by atoms with E-state index in [0.29, 0.717) is 13.1 Å². The van der Waals surface area contributed by atoms with E-state index in [1.54, 1.807) is 4.90 Å². The van der Waals surface area contributed by atoms with Crippen LogP contribution in [0.3, 0.4) is 0 Å². The van der Waals surface area contributed by atoms with Crippen molar-refractivity contribution in [3.63, 3.8) is 0 Å². The molecular formula is C15H21NO3. The van der Waals surface area contributed by atoms with Gasteiger partial charge in [0, 0.05) is 13.1 Å². The van der Waals surface area contributed by atoms with Gasteiger partial charge >= 0.3 is 0 Å². The molecule has 1 heterocycles. The largest absolute Gasteiger partial charge is 0.484 e. The first kappa shape index (κ1) is 13.9. The molecule has 1 amide bonds. The molecule has 0 bridgehead atoms. The van der Waals surface area contributed by atoms with Crippen LogP contribution in [0, 0.1) is 13.8 Å². The fourth-order valence-electron chi connectivity index (χ4n) is 2.43. The van der Waals surface area contributed by atoms with Crippen LogP contribution >= 0.6 is 0 Å². The number of hydrogen-bond acceptors (Lipinski definition) is 3. The van der Waals surface area contributed by atoms with Gasteiger partial charge in [0.1, 0.15) is 5.75 Å². The van der Waals surface area contributed by atoms with Gasteiger partial charge < -0.3 is 14.7 Å². The Labute approximate surface area is 114 Å². The van der Waals surface area contributed by atoms with E-state index in [9.17, 15) is 9.90 Å². The molecule has 0 aromatic heterocycles. The first-order valence-electron chi connectivity index (χ1n) is 6.71. The summed E-state index contributed by atoms with van der Waals surface area (Å²) in [6, 6.07) is 5.91. The van der Waals surface area contributed by atoms with Gasteiger partial charge in [-0.3, -0.25) is 4.79 Å². The van der Waals surface area contributed by atoms with Crippen molar-refractivity contribution in [2.75, 3.05) is 19.7 Å². The van der Waals surface area contributed by atoms with Gasteiger partial charge in [0.05, 0.1) is 6.10 Å². The molecule has 0 aliphatic carbocycles. The van der Waals surface area contributed by atoms with E-state index in [0.717, 1.165) is 29.7 Å². The van der Waals surface area contributed by atoms with E-state index in [1.807, 2.05) is 26.0 Å². The highest BCUT2D eigenvalue weighted by atomic mass is 16.5. The number of carbonyl (C=O) groups is 1.